The molecule has 10 nitrogen and oxygen atoms in total. The van der Waals surface area contributed by atoms with Crippen molar-refractivity contribution in [3.05, 3.63) is 75.5 Å². The van der Waals surface area contributed by atoms with E-state index in [1.165, 1.54) is 4.68 Å². The van der Waals surface area contributed by atoms with E-state index in [0.29, 0.717) is 28.5 Å². The number of benzene rings is 2. The number of nitrogens with zero attached hydrogens (tertiary/aromatic N) is 4. The molecule has 1 heterocycles. The third-order valence-corrected chi connectivity index (χ3v) is 7.30. The highest BCUT2D eigenvalue weighted by Crippen LogP contribution is 2.26. The summed E-state index contributed by atoms with van der Waals surface area (Å²) >= 11 is 12.4. The second-order valence-corrected chi connectivity index (χ2v) is 10.5. The van der Waals surface area contributed by atoms with E-state index in [2.05, 4.69) is 20.2 Å². The molecule has 35 heavy (non-hydrogen) atoms. The Balaban J connectivity index is 1.67. The Morgan fingerprint density at radius 1 is 1.06 bits per heavy atom. The van der Waals surface area contributed by atoms with Crippen LogP contribution in [0.25, 0.3) is 0 Å². The number of aryl methyl sites for hydroxylation is 1. The number of hydrogen-bond donors (Lipinski definition) is 2. The van der Waals surface area contributed by atoms with Gasteiger partial charge in [-0.15, -0.1) is 5.10 Å². The Hall–Kier alpha value is -2.86. The lowest BCUT2D eigenvalue weighted by molar-refractivity contribution is -0.139. The van der Waals surface area contributed by atoms with Crippen LogP contribution in [0.5, 0.6) is 0 Å². The van der Waals surface area contributed by atoms with Crippen LogP contribution in [-0.2, 0) is 39.0 Å². The standard InChI is InChI=1S/C22H23Cl2N5O5S/c23-17-9-4-10-18(24)16(17)12-21-25-27-28-29(21)14-20(30)19(13-22(31)32)26-35(33,34)11-5-8-15-6-2-1-3-7-15/h1-4,6-7,9-10,19,26H,5,8,11-14H2,(H,31,32). The summed E-state index contributed by atoms with van der Waals surface area (Å²) in [6.07, 6.45) is 0.235. The smallest absolute Gasteiger partial charge is 0.305 e. The van der Waals surface area contributed by atoms with Gasteiger partial charge in [0.1, 0.15) is 6.54 Å². The number of carbonyl (C=O) groups is 2. The summed E-state index contributed by atoms with van der Waals surface area (Å²) in [7, 11) is -3.92. The number of rotatable bonds is 13. The minimum Gasteiger partial charge on any atom is -0.481 e. The number of tetrazole rings is 1. The molecule has 0 radical (unpaired) electrons. The fourth-order valence-corrected chi connectivity index (χ4v) is 5.19. The van der Waals surface area contributed by atoms with Crippen LogP contribution < -0.4 is 4.72 Å². The molecular formula is C22H23Cl2N5O5S. The first-order valence-electron chi connectivity index (χ1n) is 10.6. The van der Waals surface area contributed by atoms with Gasteiger partial charge in [-0.1, -0.05) is 59.6 Å². The number of halogens is 2. The monoisotopic (exact) mass is 539 g/mol. The predicted molar refractivity (Wildman–Crippen MR) is 130 cm³/mol. The quantitative estimate of drug-likeness (QED) is 0.337. The van der Waals surface area contributed by atoms with Gasteiger partial charge in [-0.2, -0.15) is 0 Å². The number of nitrogens with one attached hydrogen (secondary N) is 1. The second kappa shape index (κ2) is 12.2. The number of Topliss-reactive ketones (excluding diaryl/α,β-unsaturated/α-hetero) is 1. The van der Waals surface area contributed by atoms with Crippen molar-refractivity contribution >= 4 is 45.0 Å². The molecule has 0 saturated heterocycles. The van der Waals surface area contributed by atoms with Gasteiger partial charge in [0, 0.05) is 16.5 Å². The van der Waals surface area contributed by atoms with Gasteiger partial charge < -0.3 is 5.11 Å². The Labute approximate surface area is 212 Å². The summed E-state index contributed by atoms with van der Waals surface area (Å²) in [5.41, 5.74) is 1.53. The van der Waals surface area contributed by atoms with Crippen LogP contribution in [0.15, 0.2) is 48.5 Å². The number of carboxylic acid groups (broad SMARTS) is 1. The normalized spacial score (nSPS) is 12.4. The molecule has 186 valence electrons. The van der Waals surface area contributed by atoms with Crippen LogP contribution in [0.3, 0.4) is 0 Å². The van der Waals surface area contributed by atoms with Crippen molar-refractivity contribution < 1.29 is 23.1 Å². The molecule has 0 aliphatic heterocycles. The molecule has 13 heteroatoms. The molecular weight excluding hydrogens is 517 g/mol. The van der Waals surface area contributed by atoms with Crippen molar-refractivity contribution in [2.75, 3.05) is 5.75 Å². The molecule has 0 aliphatic rings. The number of carbonyl (C=O) groups excluding carboxylic acids is 1. The van der Waals surface area contributed by atoms with Gasteiger partial charge >= 0.3 is 5.97 Å². The lowest BCUT2D eigenvalue weighted by Gasteiger charge is -2.16. The number of hydrogen-bond acceptors (Lipinski definition) is 7. The first kappa shape index (κ1) is 26.7. The van der Waals surface area contributed by atoms with Crippen molar-refractivity contribution in [3.63, 3.8) is 0 Å². The lowest BCUT2D eigenvalue weighted by Crippen LogP contribution is -2.44. The van der Waals surface area contributed by atoms with Crippen LogP contribution in [0.4, 0.5) is 0 Å². The largest absolute Gasteiger partial charge is 0.481 e. The molecule has 1 aromatic heterocycles. The first-order valence-corrected chi connectivity index (χ1v) is 13.0. The van der Waals surface area contributed by atoms with E-state index in [1.54, 1.807) is 18.2 Å². The molecule has 2 aromatic carbocycles. The number of aliphatic carboxylic acids is 1. The third kappa shape index (κ3) is 8.10. The van der Waals surface area contributed by atoms with E-state index in [4.69, 9.17) is 23.2 Å². The zero-order valence-corrected chi connectivity index (χ0v) is 20.8. The minimum atomic E-state index is -3.92. The summed E-state index contributed by atoms with van der Waals surface area (Å²) in [4.78, 5) is 24.2. The van der Waals surface area contributed by atoms with Crippen molar-refractivity contribution in [1.29, 1.82) is 0 Å². The third-order valence-electron chi connectivity index (χ3n) is 5.12. The van der Waals surface area contributed by atoms with Gasteiger partial charge in [0.15, 0.2) is 11.6 Å². The van der Waals surface area contributed by atoms with E-state index < -0.39 is 40.8 Å². The van der Waals surface area contributed by atoms with Crippen LogP contribution in [-0.4, -0.2) is 57.3 Å². The minimum absolute atomic E-state index is 0.119. The van der Waals surface area contributed by atoms with Crippen molar-refractivity contribution in [1.82, 2.24) is 24.9 Å². The topological polar surface area (TPSA) is 144 Å². The number of ketones is 1. The Morgan fingerprint density at radius 3 is 2.40 bits per heavy atom. The van der Waals surface area contributed by atoms with Gasteiger partial charge in [-0.3, -0.25) is 9.59 Å². The SMILES string of the molecule is O=C(O)CC(NS(=O)(=O)CCCc1ccccc1)C(=O)Cn1nnnc1Cc1c(Cl)cccc1Cl. The van der Waals surface area contributed by atoms with E-state index in [9.17, 15) is 23.1 Å². The molecule has 3 rings (SSSR count). The summed E-state index contributed by atoms with van der Waals surface area (Å²) in [6.45, 7) is -0.436. The maximum absolute atomic E-state index is 12.9. The highest BCUT2D eigenvalue weighted by atomic mass is 35.5. The van der Waals surface area contributed by atoms with Crippen LogP contribution in [0, 0.1) is 0 Å². The summed E-state index contributed by atoms with van der Waals surface area (Å²) < 4.78 is 28.5. The summed E-state index contributed by atoms with van der Waals surface area (Å²) in [5.74, 6) is -2.02. The molecule has 3 aromatic rings. The Morgan fingerprint density at radius 2 is 1.74 bits per heavy atom. The highest BCUT2D eigenvalue weighted by Gasteiger charge is 2.28. The van der Waals surface area contributed by atoms with Crippen LogP contribution >= 0.6 is 23.2 Å². The predicted octanol–water partition coefficient (Wildman–Crippen LogP) is 2.54. The molecule has 2 N–H and O–H groups in total. The fraction of sp³-hybridized carbons (Fsp3) is 0.318. The van der Waals surface area contributed by atoms with E-state index in [0.717, 1.165) is 5.56 Å². The molecule has 0 fully saturated rings. The van der Waals surface area contributed by atoms with Crippen LogP contribution in [0.2, 0.25) is 10.0 Å². The molecule has 1 atom stereocenters. The lowest BCUT2D eigenvalue weighted by atomic mass is 10.1. The fourth-order valence-electron chi connectivity index (χ4n) is 3.37. The molecule has 0 amide bonds. The average molecular weight is 540 g/mol. The highest BCUT2D eigenvalue weighted by molar-refractivity contribution is 7.89. The van der Waals surface area contributed by atoms with Crippen molar-refractivity contribution in [2.45, 2.75) is 38.3 Å². The van der Waals surface area contributed by atoms with E-state index in [1.807, 2.05) is 30.3 Å². The molecule has 0 spiro atoms. The maximum Gasteiger partial charge on any atom is 0.305 e. The first-order chi connectivity index (χ1) is 16.6. The van der Waals surface area contributed by atoms with Gasteiger partial charge in [0.2, 0.25) is 10.0 Å². The second-order valence-electron chi connectivity index (χ2n) is 7.77. The van der Waals surface area contributed by atoms with Gasteiger partial charge in [-0.25, -0.2) is 17.8 Å². The zero-order chi connectivity index (χ0) is 25.4. The van der Waals surface area contributed by atoms with E-state index >= 15 is 0 Å². The Bertz CT molecular complexity index is 1260. The molecule has 1 unspecified atom stereocenters. The molecule has 0 saturated carbocycles. The van der Waals surface area contributed by atoms with Crippen LogP contribution in [0.1, 0.15) is 29.8 Å². The number of sulfonamides is 1. The summed E-state index contributed by atoms with van der Waals surface area (Å²) in [6, 6.07) is 12.9. The average Bonchev–Trinajstić information content (AvgIpc) is 3.22. The van der Waals surface area contributed by atoms with Gasteiger partial charge in [0.25, 0.3) is 0 Å². The number of aromatic nitrogens is 4. The summed E-state index contributed by atoms with van der Waals surface area (Å²) in [5, 5.41) is 21.2. The zero-order valence-electron chi connectivity index (χ0n) is 18.5. The maximum atomic E-state index is 12.9. The Kier molecular flexibility index (Phi) is 9.33. The van der Waals surface area contributed by atoms with Gasteiger partial charge in [0.05, 0.1) is 18.2 Å². The van der Waals surface area contributed by atoms with Crippen molar-refractivity contribution in [2.24, 2.45) is 0 Å². The molecule has 0 aliphatic carbocycles. The van der Waals surface area contributed by atoms with Gasteiger partial charge in [-0.05, 0) is 46.5 Å². The molecule has 0 bridgehead atoms. The van der Waals surface area contributed by atoms with E-state index in [-0.39, 0.29) is 18.0 Å². The number of carboxylic acids is 1. The van der Waals surface area contributed by atoms with Crippen molar-refractivity contribution in [3.8, 4) is 0 Å².